The van der Waals surface area contributed by atoms with E-state index in [0.29, 0.717) is 28.4 Å². The second kappa shape index (κ2) is 8.29. The van der Waals surface area contributed by atoms with Crippen LogP contribution in [0.25, 0.3) is 21.7 Å². The molecule has 0 radical (unpaired) electrons. The summed E-state index contributed by atoms with van der Waals surface area (Å²) >= 11 is 0. The summed E-state index contributed by atoms with van der Waals surface area (Å²) in [6.07, 6.45) is 1.56. The van der Waals surface area contributed by atoms with Gasteiger partial charge >= 0.3 is 5.97 Å². The third-order valence-electron chi connectivity index (χ3n) is 4.93. The van der Waals surface area contributed by atoms with Crippen LogP contribution >= 0.6 is 0 Å². The van der Waals surface area contributed by atoms with Crippen LogP contribution in [-0.4, -0.2) is 31.8 Å². The van der Waals surface area contributed by atoms with Gasteiger partial charge in [0.25, 0.3) is 0 Å². The highest BCUT2D eigenvalue weighted by Crippen LogP contribution is 2.37. The molecule has 1 aromatic heterocycles. The van der Waals surface area contributed by atoms with Crippen molar-refractivity contribution >= 4 is 39.0 Å². The van der Waals surface area contributed by atoms with E-state index in [-0.39, 0.29) is 6.61 Å². The Balaban J connectivity index is 1.94. The minimum absolute atomic E-state index is 0.278. The molecule has 0 amide bonds. The number of rotatable bonds is 6. The highest BCUT2D eigenvalue weighted by Gasteiger charge is 2.19. The van der Waals surface area contributed by atoms with Crippen LogP contribution in [0.4, 0.5) is 11.4 Å². The Morgan fingerprint density at radius 1 is 1.00 bits per heavy atom. The first-order chi connectivity index (χ1) is 14.7. The summed E-state index contributed by atoms with van der Waals surface area (Å²) in [6, 6.07) is 17.5. The van der Waals surface area contributed by atoms with Gasteiger partial charge in [-0.1, -0.05) is 36.4 Å². The Hall–Kier alpha value is -3.80. The number of carbonyl (C=O) groups is 1. The molecule has 1 heterocycles. The fraction of sp³-hybridized carbons (Fsp3) is 0.167. The third kappa shape index (κ3) is 3.48. The first-order valence-electron chi connectivity index (χ1n) is 9.63. The summed E-state index contributed by atoms with van der Waals surface area (Å²) in [4.78, 5) is 17.3. The summed E-state index contributed by atoms with van der Waals surface area (Å²) in [7, 11) is 3.19. The molecule has 1 N–H and O–H groups in total. The summed E-state index contributed by atoms with van der Waals surface area (Å²) in [5.41, 5.74) is 2.48. The lowest BCUT2D eigenvalue weighted by molar-refractivity contribution is 0.0527. The zero-order valence-corrected chi connectivity index (χ0v) is 17.1. The molecule has 30 heavy (non-hydrogen) atoms. The van der Waals surface area contributed by atoms with Crippen LogP contribution < -0.4 is 14.8 Å². The van der Waals surface area contributed by atoms with Crippen molar-refractivity contribution < 1.29 is 19.0 Å². The average Bonchev–Trinajstić information content (AvgIpc) is 2.79. The minimum Gasteiger partial charge on any atom is -0.497 e. The molecule has 6 nitrogen and oxygen atoms in total. The Morgan fingerprint density at radius 2 is 1.83 bits per heavy atom. The highest BCUT2D eigenvalue weighted by atomic mass is 16.5. The predicted octanol–water partition coefficient (Wildman–Crippen LogP) is 5.33. The topological polar surface area (TPSA) is 69.7 Å². The number of fused-ring (bicyclic) bond motifs is 3. The van der Waals surface area contributed by atoms with Crippen LogP contribution in [0.3, 0.4) is 0 Å². The molecule has 0 aliphatic rings. The van der Waals surface area contributed by atoms with E-state index in [2.05, 4.69) is 10.3 Å². The number of aromatic nitrogens is 1. The number of nitrogens with zero attached hydrogens (tertiary/aromatic N) is 1. The van der Waals surface area contributed by atoms with Crippen molar-refractivity contribution in [2.75, 3.05) is 26.1 Å². The van der Waals surface area contributed by atoms with E-state index in [1.54, 1.807) is 33.4 Å². The van der Waals surface area contributed by atoms with E-state index < -0.39 is 5.97 Å². The molecule has 4 rings (SSSR count). The largest absolute Gasteiger partial charge is 0.497 e. The monoisotopic (exact) mass is 402 g/mol. The van der Waals surface area contributed by atoms with Crippen LogP contribution in [0.15, 0.2) is 60.8 Å². The Labute approximate surface area is 174 Å². The van der Waals surface area contributed by atoms with Gasteiger partial charge in [0.05, 0.1) is 37.7 Å². The standard InChI is InChI=1S/C24H22N2O4/c1-4-30-24(27)19-14-25-22-17-8-6-5-7-15(17)9-11-18(22)23(19)26-20-12-10-16(28-2)13-21(20)29-3/h5-14H,4H2,1-3H3,(H,25,26). The second-order valence-electron chi connectivity index (χ2n) is 6.64. The van der Waals surface area contributed by atoms with Crippen molar-refractivity contribution in [1.82, 2.24) is 4.98 Å². The Kier molecular flexibility index (Phi) is 5.39. The number of hydrogen-bond donors (Lipinski definition) is 1. The zero-order valence-electron chi connectivity index (χ0n) is 17.1. The van der Waals surface area contributed by atoms with E-state index in [0.717, 1.165) is 21.7 Å². The van der Waals surface area contributed by atoms with E-state index in [4.69, 9.17) is 14.2 Å². The lowest BCUT2D eigenvalue weighted by Gasteiger charge is -2.17. The molecular formula is C24H22N2O4. The number of carbonyl (C=O) groups excluding carboxylic acids is 1. The molecule has 0 bridgehead atoms. The number of nitrogens with one attached hydrogen (secondary N) is 1. The molecule has 6 heteroatoms. The van der Waals surface area contributed by atoms with Crippen molar-refractivity contribution in [1.29, 1.82) is 0 Å². The van der Waals surface area contributed by atoms with E-state index in [9.17, 15) is 4.79 Å². The van der Waals surface area contributed by atoms with Crippen LogP contribution in [0.1, 0.15) is 17.3 Å². The minimum atomic E-state index is -0.435. The highest BCUT2D eigenvalue weighted by molar-refractivity contribution is 6.13. The molecule has 0 aliphatic heterocycles. The maximum Gasteiger partial charge on any atom is 0.341 e. The van der Waals surface area contributed by atoms with Crippen LogP contribution in [0.2, 0.25) is 0 Å². The molecule has 0 saturated carbocycles. The van der Waals surface area contributed by atoms with Gasteiger partial charge in [-0.15, -0.1) is 0 Å². The Morgan fingerprint density at radius 3 is 2.60 bits per heavy atom. The van der Waals surface area contributed by atoms with Gasteiger partial charge in [-0.3, -0.25) is 4.98 Å². The number of anilines is 2. The van der Waals surface area contributed by atoms with Crippen molar-refractivity contribution in [3.8, 4) is 11.5 Å². The number of ether oxygens (including phenoxy) is 3. The van der Waals surface area contributed by atoms with Crippen molar-refractivity contribution in [2.24, 2.45) is 0 Å². The van der Waals surface area contributed by atoms with Gasteiger partial charge < -0.3 is 19.5 Å². The smallest absolute Gasteiger partial charge is 0.341 e. The summed E-state index contributed by atoms with van der Waals surface area (Å²) in [5, 5.41) is 6.27. The molecule has 4 aromatic rings. The first kappa shape index (κ1) is 19.5. The van der Waals surface area contributed by atoms with Crippen LogP contribution in [0.5, 0.6) is 11.5 Å². The summed E-state index contributed by atoms with van der Waals surface area (Å²) in [5.74, 6) is 0.832. The normalized spacial score (nSPS) is 10.8. The molecule has 0 spiro atoms. The molecule has 0 atom stereocenters. The molecule has 0 unspecified atom stereocenters. The van der Waals surface area contributed by atoms with E-state index in [1.807, 2.05) is 48.5 Å². The molecule has 3 aromatic carbocycles. The zero-order chi connectivity index (χ0) is 21.1. The predicted molar refractivity (Wildman–Crippen MR) is 118 cm³/mol. The fourth-order valence-electron chi connectivity index (χ4n) is 3.47. The fourth-order valence-corrected chi connectivity index (χ4v) is 3.47. The number of hydrogen-bond acceptors (Lipinski definition) is 6. The maximum absolute atomic E-state index is 12.7. The lowest BCUT2D eigenvalue weighted by Crippen LogP contribution is -2.09. The SMILES string of the molecule is CCOC(=O)c1cnc2c(ccc3ccccc32)c1Nc1ccc(OC)cc1OC. The molecule has 152 valence electrons. The van der Waals surface area contributed by atoms with Crippen LogP contribution in [-0.2, 0) is 4.74 Å². The molecule has 0 saturated heterocycles. The number of esters is 1. The second-order valence-corrected chi connectivity index (χ2v) is 6.64. The Bertz CT molecular complexity index is 1240. The van der Waals surface area contributed by atoms with E-state index >= 15 is 0 Å². The van der Waals surface area contributed by atoms with E-state index in [1.165, 1.54) is 0 Å². The van der Waals surface area contributed by atoms with Gasteiger partial charge in [-0.25, -0.2) is 4.79 Å². The first-order valence-corrected chi connectivity index (χ1v) is 9.63. The molecule has 0 fully saturated rings. The van der Waals surface area contributed by atoms with Crippen LogP contribution in [0, 0.1) is 0 Å². The number of pyridine rings is 1. The van der Waals surface area contributed by atoms with Gasteiger partial charge in [0.2, 0.25) is 0 Å². The maximum atomic E-state index is 12.7. The quantitative estimate of drug-likeness (QED) is 0.347. The van der Waals surface area contributed by atoms with Gasteiger partial charge in [-0.05, 0) is 24.4 Å². The van der Waals surface area contributed by atoms with Gasteiger partial charge in [0.1, 0.15) is 17.1 Å². The average molecular weight is 402 g/mol. The number of benzene rings is 3. The lowest BCUT2D eigenvalue weighted by atomic mass is 10.0. The van der Waals surface area contributed by atoms with Crippen molar-refractivity contribution in [3.05, 3.63) is 66.4 Å². The van der Waals surface area contributed by atoms with Gasteiger partial charge in [-0.2, -0.15) is 0 Å². The molecule has 0 aliphatic carbocycles. The van der Waals surface area contributed by atoms with Crippen molar-refractivity contribution in [2.45, 2.75) is 6.92 Å². The molecular weight excluding hydrogens is 380 g/mol. The summed E-state index contributed by atoms with van der Waals surface area (Å²) in [6.45, 7) is 2.05. The third-order valence-corrected chi connectivity index (χ3v) is 4.93. The van der Waals surface area contributed by atoms with Crippen molar-refractivity contribution in [3.63, 3.8) is 0 Å². The van der Waals surface area contributed by atoms with Gasteiger partial charge in [0, 0.05) is 23.0 Å². The number of methoxy groups -OCH3 is 2. The summed E-state index contributed by atoms with van der Waals surface area (Å²) < 4.78 is 16.1. The van der Waals surface area contributed by atoms with Gasteiger partial charge in [0.15, 0.2) is 0 Å².